The number of aryl methyl sites for hydroxylation is 1. The first-order chi connectivity index (χ1) is 13.2. The molecule has 2 heterocycles. The Morgan fingerprint density at radius 2 is 1.86 bits per heavy atom. The van der Waals surface area contributed by atoms with Gasteiger partial charge < -0.3 is 19.3 Å². The summed E-state index contributed by atoms with van der Waals surface area (Å²) in [5.74, 6) is -1.11. The number of rotatable bonds is 4. The van der Waals surface area contributed by atoms with Crippen LogP contribution in [0.15, 0.2) is 42.5 Å². The highest BCUT2D eigenvalue weighted by Gasteiger charge is 2.56. The van der Waals surface area contributed by atoms with E-state index in [1.54, 1.807) is 19.9 Å². The predicted octanol–water partition coefficient (Wildman–Crippen LogP) is 3.66. The monoisotopic (exact) mass is 402 g/mol. The van der Waals surface area contributed by atoms with Crippen molar-refractivity contribution in [3.8, 4) is 0 Å². The molecule has 5 nitrogen and oxygen atoms in total. The van der Waals surface area contributed by atoms with E-state index in [-0.39, 0.29) is 5.78 Å². The molecular formula is C22H23ClO5. The molecule has 1 N–H and O–H groups in total. The summed E-state index contributed by atoms with van der Waals surface area (Å²) in [5.41, 5.74) is 3.73. The van der Waals surface area contributed by atoms with Crippen LogP contribution in [0.4, 0.5) is 0 Å². The van der Waals surface area contributed by atoms with Gasteiger partial charge in [0.15, 0.2) is 24.0 Å². The van der Waals surface area contributed by atoms with Gasteiger partial charge in [-0.1, -0.05) is 35.9 Å². The SMILES string of the molecule is Cc1ccc(C(=O)[C@@H]2O[C@H]3OC(C)(C)O[C@H]3[C@H]2O)cc1Cc1ccc(Cl)cc1. The molecule has 28 heavy (non-hydrogen) atoms. The molecule has 0 bridgehead atoms. The van der Waals surface area contributed by atoms with Gasteiger partial charge in [0.1, 0.15) is 12.2 Å². The van der Waals surface area contributed by atoms with Gasteiger partial charge in [-0.2, -0.15) is 0 Å². The molecule has 0 spiro atoms. The number of aliphatic hydroxyl groups is 1. The Hall–Kier alpha value is -1.76. The summed E-state index contributed by atoms with van der Waals surface area (Å²) in [7, 11) is 0. The second-order valence-corrected chi connectivity index (χ2v) is 8.26. The molecule has 148 valence electrons. The van der Waals surface area contributed by atoms with Gasteiger partial charge in [-0.05, 0) is 62.1 Å². The highest BCUT2D eigenvalue weighted by molar-refractivity contribution is 6.30. The Balaban J connectivity index is 1.53. The van der Waals surface area contributed by atoms with E-state index in [0.29, 0.717) is 17.0 Å². The molecule has 2 aliphatic rings. The van der Waals surface area contributed by atoms with E-state index in [1.165, 1.54) is 0 Å². The highest BCUT2D eigenvalue weighted by Crippen LogP contribution is 2.38. The molecule has 4 rings (SSSR count). The minimum atomic E-state index is -1.07. The first-order valence-electron chi connectivity index (χ1n) is 9.31. The molecule has 2 aliphatic heterocycles. The van der Waals surface area contributed by atoms with E-state index >= 15 is 0 Å². The molecule has 0 radical (unpaired) electrons. The van der Waals surface area contributed by atoms with Crippen molar-refractivity contribution in [3.63, 3.8) is 0 Å². The normalized spacial score (nSPS) is 28.3. The Bertz CT molecular complexity index is 892. The van der Waals surface area contributed by atoms with Gasteiger partial charge in [0, 0.05) is 10.6 Å². The molecule has 2 aromatic carbocycles. The summed E-state index contributed by atoms with van der Waals surface area (Å²) in [5, 5.41) is 11.2. The Morgan fingerprint density at radius 1 is 1.14 bits per heavy atom. The van der Waals surface area contributed by atoms with Crippen molar-refractivity contribution in [2.24, 2.45) is 0 Å². The first kappa shape index (κ1) is 19.6. The van der Waals surface area contributed by atoms with Crippen molar-refractivity contribution in [1.82, 2.24) is 0 Å². The number of halogens is 1. The van der Waals surface area contributed by atoms with Gasteiger partial charge in [0.05, 0.1) is 0 Å². The van der Waals surface area contributed by atoms with Crippen molar-refractivity contribution in [2.75, 3.05) is 0 Å². The lowest BCUT2D eigenvalue weighted by Crippen LogP contribution is -2.38. The molecule has 0 saturated carbocycles. The number of hydrogen-bond donors (Lipinski definition) is 1. The van der Waals surface area contributed by atoms with E-state index in [4.69, 9.17) is 25.8 Å². The second-order valence-electron chi connectivity index (χ2n) is 7.82. The summed E-state index contributed by atoms with van der Waals surface area (Å²) >= 11 is 5.95. The van der Waals surface area contributed by atoms with Crippen molar-refractivity contribution in [1.29, 1.82) is 0 Å². The highest BCUT2D eigenvalue weighted by atomic mass is 35.5. The Labute approximate surface area is 169 Å². The van der Waals surface area contributed by atoms with E-state index < -0.39 is 30.4 Å². The fourth-order valence-corrected chi connectivity index (χ4v) is 3.84. The molecule has 0 aromatic heterocycles. The first-order valence-corrected chi connectivity index (χ1v) is 9.69. The third kappa shape index (κ3) is 3.73. The number of ether oxygens (including phenoxy) is 3. The molecular weight excluding hydrogens is 380 g/mol. The standard InChI is InChI=1S/C22H23ClO5/c1-12-4-7-14(11-15(12)10-13-5-8-16(23)9-6-13)17(24)19-18(25)20-21(26-19)28-22(2,3)27-20/h4-9,11,18-21,25H,10H2,1-3H3/t18-,19-,20-,21-/m0/s1. The van der Waals surface area contributed by atoms with Crippen LogP contribution in [0.2, 0.25) is 5.02 Å². The molecule has 2 saturated heterocycles. The zero-order chi connectivity index (χ0) is 20.1. The zero-order valence-electron chi connectivity index (χ0n) is 16.0. The average molecular weight is 403 g/mol. The number of aliphatic hydroxyl groups excluding tert-OH is 1. The molecule has 0 unspecified atom stereocenters. The number of benzene rings is 2. The molecule has 2 aromatic rings. The van der Waals surface area contributed by atoms with Crippen LogP contribution in [0.1, 0.15) is 40.9 Å². The average Bonchev–Trinajstić information content (AvgIpc) is 3.11. The van der Waals surface area contributed by atoms with Crippen molar-refractivity contribution < 1.29 is 24.1 Å². The third-order valence-corrected chi connectivity index (χ3v) is 5.47. The molecule has 6 heteroatoms. The van der Waals surface area contributed by atoms with Crippen LogP contribution in [-0.2, 0) is 20.6 Å². The fourth-order valence-electron chi connectivity index (χ4n) is 3.71. The topological polar surface area (TPSA) is 65.0 Å². The minimum absolute atomic E-state index is 0.274. The molecule has 0 aliphatic carbocycles. The summed E-state index contributed by atoms with van der Waals surface area (Å²) in [4.78, 5) is 13.0. The maximum atomic E-state index is 13.0. The Kier molecular flexibility index (Phi) is 5.06. The third-order valence-electron chi connectivity index (χ3n) is 5.22. The van der Waals surface area contributed by atoms with Gasteiger partial charge in [0.2, 0.25) is 0 Å². The summed E-state index contributed by atoms with van der Waals surface area (Å²) < 4.78 is 17.0. The smallest absolute Gasteiger partial charge is 0.194 e. The van der Waals surface area contributed by atoms with E-state index in [9.17, 15) is 9.90 Å². The fraction of sp³-hybridized carbons (Fsp3) is 0.409. The van der Waals surface area contributed by atoms with Crippen LogP contribution in [0.3, 0.4) is 0 Å². The van der Waals surface area contributed by atoms with Crippen LogP contribution >= 0.6 is 11.6 Å². The van der Waals surface area contributed by atoms with E-state index in [1.807, 2.05) is 43.3 Å². The van der Waals surface area contributed by atoms with Gasteiger partial charge in [-0.15, -0.1) is 0 Å². The lowest BCUT2D eigenvalue weighted by molar-refractivity contribution is -0.208. The maximum absolute atomic E-state index is 13.0. The van der Waals surface area contributed by atoms with Crippen LogP contribution in [0.25, 0.3) is 0 Å². The maximum Gasteiger partial charge on any atom is 0.194 e. The van der Waals surface area contributed by atoms with Crippen molar-refractivity contribution in [3.05, 3.63) is 69.7 Å². The van der Waals surface area contributed by atoms with Crippen LogP contribution in [0, 0.1) is 6.92 Å². The van der Waals surface area contributed by atoms with Crippen molar-refractivity contribution >= 4 is 17.4 Å². The van der Waals surface area contributed by atoms with Gasteiger partial charge >= 0.3 is 0 Å². The number of carbonyl (C=O) groups is 1. The number of ketones is 1. The lowest BCUT2D eigenvalue weighted by atomic mass is 9.94. The quantitative estimate of drug-likeness (QED) is 0.790. The summed E-state index contributed by atoms with van der Waals surface area (Å²) in [6, 6.07) is 13.2. The van der Waals surface area contributed by atoms with Crippen LogP contribution in [-0.4, -0.2) is 41.3 Å². The van der Waals surface area contributed by atoms with E-state index in [2.05, 4.69) is 0 Å². The Morgan fingerprint density at radius 3 is 2.54 bits per heavy atom. The number of Topliss-reactive ketones (excluding diaryl/α,β-unsaturated/α-hetero) is 1. The van der Waals surface area contributed by atoms with Crippen LogP contribution < -0.4 is 0 Å². The molecule has 2 fully saturated rings. The van der Waals surface area contributed by atoms with Gasteiger partial charge in [-0.25, -0.2) is 0 Å². The zero-order valence-corrected chi connectivity index (χ0v) is 16.8. The van der Waals surface area contributed by atoms with Crippen LogP contribution in [0.5, 0.6) is 0 Å². The molecule has 0 amide bonds. The van der Waals surface area contributed by atoms with E-state index in [0.717, 1.165) is 16.7 Å². The summed E-state index contributed by atoms with van der Waals surface area (Å²) in [6.07, 6.45) is -2.79. The number of hydrogen-bond acceptors (Lipinski definition) is 5. The minimum Gasteiger partial charge on any atom is -0.387 e. The second kappa shape index (κ2) is 7.25. The summed E-state index contributed by atoms with van der Waals surface area (Å²) in [6.45, 7) is 5.51. The lowest BCUT2D eigenvalue weighted by Gasteiger charge is -2.22. The van der Waals surface area contributed by atoms with Crippen molar-refractivity contribution in [2.45, 2.75) is 57.6 Å². The molecule has 4 atom stereocenters. The predicted molar refractivity (Wildman–Crippen MR) is 104 cm³/mol. The number of carbonyl (C=O) groups excluding carboxylic acids is 1. The number of fused-ring (bicyclic) bond motifs is 1. The van der Waals surface area contributed by atoms with Gasteiger partial charge in [-0.3, -0.25) is 4.79 Å². The van der Waals surface area contributed by atoms with Gasteiger partial charge in [0.25, 0.3) is 0 Å². The largest absolute Gasteiger partial charge is 0.387 e.